The molecule has 1 aromatic carbocycles. The van der Waals surface area contributed by atoms with Crippen molar-refractivity contribution in [2.75, 3.05) is 5.88 Å². The van der Waals surface area contributed by atoms with E-state index in [0.29, 0.717) is 17.9 Å². The van der Waals surface area contributed by atoms with E-state index in [-0.39, 0.29) is 11.5 Å². The molecule has 0 saturated carbocycles. The molecule has 0 bridgehead atoms. The predicted octanol–water partition coefficient (Wildman–Crippen LogP) is 4.60. The van der Waals surface area contributed by atoms with Gasteiger partial charge in [0.25, 0.3) is 0 Å². The molecular weight excluding hydrogens is 260 g/mol. The number of alkyl halides is 1. The number of allylic oxidation sites excluding steroid dienone is 2. The topological polar surface area (TPSA) is 37.3 Å². The van der Waals surface area contributed by atoms with Gasteiger partial charge in [0, 0.05) is 23.9 Å². The number of rotatable bonds is 7. The van der Waals surface area contributed by atoms with Gasteiger partial charge in [-0.1, -0.05) is 49.8 Å². The molecule has 0 aromatic heterocycles. The number of hydrogen-bond acceptors (Lipinski definition) is 2. The maximum Gasteiger partial charge on any atom is 0.159 e. The van der Waals surface area contributed by atoms with Crippen LogP contribution in [0.3, 0.4) is 0 Å². The molecule has 0 heterocycles. The normalized spacial score (nSPS) is 12.0. The lowest BCUT2D eigenvalue weighted by atomic mass is 10.1. The van der Waals surface area contributed by atoms with Crippen molar-refractivity contribution >= 4 is 29.2 Å². The van der Waals surface area contributed by atoms with E-state index in [1.807, 2.05) is 31.2 Å². The zero-order valence-electron chi connectivity index (χ0n) is 11.1. The zero-order chi connectivity index (χ0) is 14.1. The van der Waals surface area contributed by atoms with E-state index in [4.69, 9.17) is 11.6 Å². The summed E-state index contributed by atoms with van der Waals surface area (Å²) in [5, 5.41) is 9.86. The number of carbonyl (C=O) groups is 1. The van der Waals surface area contributed by atoms with Crippen LogP contribution in [0.4, 0.5) is 0 Å². The Morgan fingerprint density at radius 1 is 1.32 bits per heavy atom. The molecule has 0 aliphatic carbocycles. The van der Waals surface area contributed by atoms with Crippen molar-refractivity contribution < 1.29 is 9.90 Å². The minimum Gasteiger partial charge on any atom is -0.507 e. The second-order valence-corrected chi connectivity index (χ2v) is 4.59. The number of unbranched alkanes of at least 4 members (excludes halogenated alkanes) is 1. The van der Waals surface area contributed by atoms with Crippen LogP contribution in [0.5, 0.6) is 0 Å². The molecule has 3 heteroatoms. The van der Waals surface area contributed by atoms with E-state index < -0.39 is 0 Å². The van der Waals surface area contributed by atoms with Gasteiger partial charge in [0.05, 0.1) is 0 Å². The number of aliphatic hydroxyl groups is 1. The average Bonchev–Trinajstić information content (AvgIpc) is 2.43. The van der Waals surface area contributed by atoms with Crippen molar-refractivity contribution in [1.82, 2.24) is 0 Å². The summed E-state index contributed by atoms with van der Waals surface area (Å²) in [6.07, 6.45) is 7.37. The second-order valence-electron chi connectivity index (χ2n) is 4.28. The second kappa shape index (κ2) is 8.54. The molecule has 102 valence electrons. The van der Waals surface area contributed by atoms with Crippen LogP contribution < -0.4 is 0 Å². The van der Waals surface area contributed by atoms with Crippen molar-refractivity contribution in [2.24, 2.45) is 0 Å². The fourth-order valence-electron chi connectivity index (χ4n) is 1.60. The summed E-state index contributed by atoms with van der Waals surface area (Å²) in [6, 6.07) is 7.32. The van der Waals surface area contributed by atoms with E-state index >= 15 is 0 Å². The Labute approximate surface area is 119 Å². The van der Waals surface area contributed by atoms with Gasteiger partial charge in [-0.15, -0.1) is 11.6 Å². The Morgan fingerprint density at radius 3 is 2.58 bits per heavy atom. The van der Waals surface area contributed by atoms with Crippen LogP contribution in [0.1, 0.15) is 37.3 Å². The van der Waals surface area contributed by atoms with Crippen molar-refractivity contribution in [3.63, 3.8) is 0 Å². The lowest BCUT2D eigenvalue weighted by Gasteiger charge is -2.01. The van der Waals surface area contributed by atoms with E-state index in [2.05, 4.69) is 0 Å². The molecule has 2 nitrogen and oxygen atoms in total. The molecule has 0 unspecified atom stereocenters. The van der Waals surface area contributed by atoms with Crippen molar-refractivity contribution in [1.29, 1.82) is 0 Å². The molecule has 0 atom stereocenters. The standard InChI is InChI=1S/C16H19ClO2/c1-2-3-6-15(18)12-16(19)14-9-7-13(8-10-14)5-4-11-17/h4-5,7-10,12,19H,2-3,6,11H2,1H3/b5-4+,16-12-. The van der Waals surface area contributed by atoms with Crippen LogP contribution in [0.15, 0.2) is 36.4 Å². The number of aliphatic hydroxyl groups excluding tert-OH is 1. The van der Waals surface area contributed by atoms with Gasteiger partial charge in [-0.05, 0) is 12.0 Å². The molecule has 0 saturated heterocycles. The zero-order valence-corrected chi connectivity index (χ0v) is 11.9. The van der Waals surface area contributed by atoms with Gasteiger partial charge < -0.3 is 5.11 Å². The van der Waals surface area contributed by atoms with Crippen LogP contribution in [0.25, 0.3) is 11.8 Å². The summed E-state index contributed by atoms with van der Waals surface area (Å²) in [5.74, 6) is 0.457. The monoisotopic (exact) mass is 278 g/mol. The highest BCUT2D eigenvalue weighted by atomic mass is 35.5. The maximum atomic E-state index is 11.5. The predicted molar refractivity (Wildman–Crippen MR) is 81.3 cm³/mol. The third kappa shape index (κ3) is 5.75. The van der Waals surface area contributed by atoms with Gasteiger partial charge >= 0.3 is 0 Å². The van der Waals surface area contributed by atoms with E-state index in [1.165, 1.54) is 6.08 Å². The minimum absolute atomic E-state index is 0.0222. The molecule has 0 fully saturated rings. The van der Waals surface area contributed by atoms with Crippen LogP contribution in [0.2, 0.25) is 0 Å². The van der Waals surface area contributed by atoms with Crippen molar-refractivity contribution in [2.45, 2.75) is 26.2 Å². The van der Waals surface area contributed by atoms with E-state index in [0.717, 1.165) is 18.4 Å². The number of halogens is 1. The van der Waals surface area contributed by atoms with Gasteiger partial charge in [-0.25, -0.2) is 0 Å². The first-order valence-electron chi connectivity index (χ1n) is 6.43. The quantitative estimate of drug-likeness (QED) is 0.450. The Bertz CT molecular complexity index is 458. The molecule has 0 aliphatic heterocycles. The molecule has 0 amide bonds. The number of ketones is 1. The van der Waals surface area contributed by atoms with Gasteiger partial charge in [-0.3, -0.25) is 4.79 Å². The lowest BCUT2D eigenvalue weighted by Crippen LogP contribution is -1.94. The largest absolute Gasteiger partial charge is 0.507 e. The number of carbonyl (C=O) groups excluding carboxylic acids is 1. The highest BCUT2D eigenvalue weighted by molar-refractivity contribution is 6.19. The molecule has 0 aliphatic rings. The summed E-state index contributed by atoms with van der Waals surface area (Å²) in [5.41, 5.74) is 1.65. The van der Waals surface area contributed by atoms with Gasteiger partial charge in [-0.2, -0.15) is 0 Å². The summed E-state index contributed by atoms with van der Waals surface area (Å²) in [6.45, 7) is 2.03. The Morgan fingerprint density at radius 2 is 2.00 bits per heavy atom. The fraction of sp³-hybridized carbons (Fsp3) is 0.312. The Hall–Kier alpha value is -1.54. The molecule has 1 aromatic rings. The van der Waals surface area contributed by atoms with Crippen molar-refractivity contribution in [3.8, 4) is 0 Å². The van der Waals surface area contributed by atoms with Crippen LogP contribution in [0, 0.1) is 0 Å². The third-order valence-electron chi connectivity index (χ3n) is 2.68. The van der Waals surface area contributed by atoms with Gasteiger partial charge in [0.2, 0.25) is 0 Å². The summed E-state index contributed by atoms with van der Waals surface area (Å²) < 4.78 is 0. The molecule has 0 radical (unpaired) electrons. The summed E-state index contributed by atoms with van der Waals surface area (Å²) >= 11 is 5.56. The van der Waals surface area contributed by atoms with Gasteiger partial charge in [0.15, 0.2) is 5.78 Å². The molecule has 19 heavy (non-hydrogen) atoms. The molecule has 1 N–H and O–H groups in total. The SMILES string of the molecule is CCCCC(=O)/C=C(\O)c1ccc(/C=C/CCl)cc1. The van der Waals surface area contributed by atoms with Gasteiger partial charge in [0.1, 0.15) is 5.76 Å². The minimum atomic E-state index is -0.0366. The first-order chi connectivity index (χ1) is 9.17. The Balaban J connectivity index is 2.71. The number of hydrogen-bond donors (Lipinski definition) is 1. The number of benzene rings is 1. The van der Waals surface area contributed by atoms with E-state index in [9.17, 15) is 9.90 Å². The summed E-state index contributed by atoms with van der Waals surface area (Å²) in [7, 11) is 0. The van der Waals surface area contributed by atoms with E-state index in [1.54, 1.807) is 12.1 Å². The highest BCUT2D eigenvalue weighted by Crippen LogP contribution is 2.14. The molecule has 1 rings (SSSR count). The van der Waals surface area contributed by atoms with Crippen LogP contribution in [-0.4, -0.2) is 16.8 Å². The van der Waals surface area contributed by atoms with Crippen LogP contribution in [-0.2, 0) is 4.79 Å². The lowest BCUT2D eigenvalue weighted by molar-refractivity contribution is -0.114. The molecular formula is C16H19ClO2. The van der Waals surface area contributed by atoms with Crippen molar-refractivity contribution in [3.05, 3.63) is 47.5 Å². The molecule has 0 spiro atoms. The highest BCUT2D eigenvalue weighted by Gasteiger charge is 2.03. The first kappa shape index (κ1) is 15.5. The Kier molecular flexibility index (Phi) is 6.98. The fourth-order valence-corrected chi connectivity index (χ4v) is 1.69. The third-order valence-corrected chi connectivity index (χ3v) is 2.86. The maximum absolute atomic E-state index is 11.5. The summed E-state index contributed by atoms with van der Waals surface area (Å²) in [4.78, 5) is 11.5. The first-order valence-corrected chi connectivity index (χ1v) is 6.97. The average molecular weight is 279 g/mol. The smallest absolute Gasteiger partial charge is 0.159 e. The van der Waals surface area contributed by atoms with Crippen LogP contribution >= 0.6 is 11.6 Å².